The number of imidazole rings is 1. The maximum Gasteiger partial charge on any atom is 0.265 e. The predicted molar refractivity (Wildman–Crippen MR) is 71.2 cm³/mol. The van der Waals surface area contributed by atoms with Crippen LogP contribution in [0.2, 0.25) is 0 Å². The molecule has 0 saturated carbocycles. The topological polar surface area (TPSA) is 123 Å². The largest absolute Gasteiger partial charge is 0.335 e. The minimum Gasteiger partial charge on any atom is -0.335 e. The highest BCUT2D eigenvalue weighted by molar-refractivity contribution is 6.38. The van der Waals surface area contributed by atoms with Gasteiger partial charge in [0.15, 0.2) is 11.6 Å². The highest BCUT2D eigenvalue weighted by atomic mass is 16.2. The van der Waals surface area contributed by atoms with Crippen molar-refractivity contribution in [2.24, 2.45) is 0 Å². The Morgan fingerprint density at radius 1 is 1.25 bits per heavy atom. The van der Waals surface area contributed by atoms with Crippen molar-refractivity contribution in [3.8, 4) is 11.6 Å². The van der Waals surface area contributed by atoms with Gasteiger partial charge in [0, 0.05) is 5.56 Å². The molecule has 2 aromatic heterocycles. The maximum atomic E-state index is 11.6. The zero-order valence-corrected chi connectivity index (χ0v) is 9.98. The molecule has 0 radical (unpaired) electrons. The normalized spacial score (nSPS) is 13.4. The van der Waals surface area contributed by atoms with Crippen molar-refractivity contribution in [3.05, 3.63) is 24.0 Å². The van der Waals surface area contributed by atoms with Crippen LogP contribution < -0.4 is 5.32 Å². The summed E-state index contributed by atoms with van der Waals surface area (Å²) in [7, 11) is 0. The van der Waals surface area contributed by atoms with Gasteiger partial charge in [-0.2, -0.15) is 5.10 Å². The number of carbonyl (C=O) groups is 1. The third-order valence-corrected chi connectivity index (χ3v) is 3.13. The number of amides is 1. The van der Waals surface area contributed by atoms with Crippen LogP contribution in [0.1, 0.15) is 5.56 Å². The molecule has 0 saturated heterocycles. The van der Waals surface area contributed by atoms with Gasteiger partial charge in [-0.1, -0.05) is 0 Å². The van der Waals surface area contributed by atoms with Crippen LogP contribution in [0, 0.1) is 5.41 Å². The Hall–Kier alpha value is -3.25. The molecule has 3 aromatic rings. The molecule has 4 rings (SSSR count). The number of H-pyrrole nitrogens is 2. The summed E-state index contributed by atoms with van der Waals surface area (Å²) in [5.41, 5.74) is 2.94. The van der Waals surface area contributed by atoms with Gasteiger partial charge >= 0.3 is 0 Å². The van der Waals surface area contributed by atoms with Gasteiger partial charge in [0.05, 0.1) is 16.7 Å². The minimum atomic E-state index is -0.321. The van der Waals surface area contributed by atoms with Crippen LogP contribution in [0.25, 0.3) is 28.3 Å². The van der Waals surface area contributed by atoms with Crippen molar-refractivity contribution >= 4 is 34.1 Å². The van der Waals surface area contributed by atoms with E-state index in [4.69, 9.17) is 5.41 Å². The molecule has 0 spiro atoms. The van der Waals surface area contributed by atoms with Crippen LogP contribution >= 0.6 is 0 Å². The summed E-state index contributed by atoms with van der Waals surface area (Å²) >= 11 is 0. The first-order valence-corrected chi connectivity index (χ1v) is 5.77. The van der Waals surface area contributed by atoms with Crippen LogP contribution in [0.5, 0.6) is 0 Å². The zero-order valence-electron chi connectivity index (χ0n) is 9.98. The maximum absolute atomic E-state index is 11.6. The van der Waals surface area contributed by atoms with Gasteiger partial charge in [-0.25, -0.2) is 9.97 Å². The van der Waals surface area contributed by atoms with E-state index in [9.17, 15) is 4.79 Å². The lowest BCUT2D eigenvalue weighted by Gasteiger charge is -1.96. The van der Waals surface area contributed by atoms with Crippen molar-refractivity contribution in [2.45, 2.75) is 0 Å². The molecule has 1 amide bonds. The molecular weight excluding hydrogens is 258 g/mol. The number of hydrogen-bond acceptors (Lipinski definition) is 5. The molecular formula is C12H7N7O. The smallest absolute Gasteiger partial charge is 0.265 e. The van der Waals surface area contributed by atoms with E-state index in [1.165, 1.54) is 6.33 Å². The van der Waals surface area contributed by atoms with Crippen molar-refractivity contribution in [2.75, 3.05) is 5.32 Å². The van der Waals surface area contributed by atoms with Gasteiger partial charge < -0.3 is 10.3 Å². The third-order valence-electron chi connectivity index (χ3n) is 3.13. The van der Waals surface area contributed by atoms with E-state index >= 15 is 0 Å². The number of rotatable bonds is 1. The van der Waals surface area contributed by atoms with Crippen molar-refractivity contribution in [1.82, 2.24) is 25.1 Å². The highest BCUT2D eigenvalue weighted by Gasteiger charge is 2.25. The lowest BCUT2D eigenvalue weighted by atomic mass is 10.1. The van der Waals surface area contributed by atoms with Crippen LogP contribution in [0.15, 0.2) is 18.5 Å². The molecule has 8 nitrogen and oxygen atoms in total. The van der Waals surface area contributed by atoms with E-state index in [0.29, 0.717) is 28.4 Å². The van der Waals surface area contributed by atoms with Gasteiger partial charge in [-0.05, 0) is 18.0 Å². The summed E-state index contributed by atoms with van der Waals surface area (Å²) in [5.74, 6) is 2.94. The first kappa shape index (κ1) is 10.7. The van der Waals surface area contributed by atoms with Crippen LogP contribution in [0.3, 0.4) is 0 Å². The molecule has 1 aliphatic rings. The van der Waals surface area contributed by atoms with Crippen molar-refractivity contribution in [3.63, 3.8) is 0 Å². The molecule has 0 unspecified atom stereocenters. The Morgan fingerprint density at radius 3 is 2.90 bits per heavy atom. The first-order chi connectivity index (χ1) is 9.76. The number of anilines is 1. The number of carbonyl (C=O) groups excluding carboxylic acids is 1. The number of aromatic amines is 2. The van der Waals surface area contributed by atoms with E-state index in [2.05, 4.69) is 36.3 Å². The number of fused-ring (bicyclic) bond motifs is 2. The van der Waals surface area contributed by atoms with Gasteiger partial charge in [0.25, 0.3) is 5.91 Å². The monoisotopic (exact) mass is 265 g/mol. The fourth-order valence-corrected chi connectivity index (χ4v) is 2.23. The summed E-state index contributed by atoms with van der Waals surface area (Å²) in [6, 6.07) is 3.52. The standard InChI is InChI=1S/C12H7N7O/c13-3-6-5-1-8-9(2-7(5)18-12(6)20)17-11(16-8)10-14-4-15-19-10/h1-2,4,13H,(H,16,17)(H,18,20)(H,14,15,19). The molecule has 0 aliphatic carbocycles. The summed E-state index contributed by atoms with van der Waals surface area (Å²) in [6.07, 6.45) is 1.40. The zero-order chi connectivity index (χ0) is 13.7. The van der Waals surface area contributed by atoms with Gasteiger partial charge in [-0.15, -0.1) is 0 Å². The molecule has 1 aliphatic heterocycles. The molecule has 4 N–H and O–H groups in total. The lowest BCUT2D eigenvalue weighted by Crippen LogP contribution is -2.03. The van der Waals surface area contributed by atoms with E-state index in [1.54, 1.807) is 12.1 Å². The van der Waals surface area contributed by atoms with Crippen LogP contribution in [-0.4, -0.2) is 36.9 Å². The molecule has 8 heteroatoms. The van der Waals surface area contributed by atoms with E-state index < -0.39 is 0 Å². The van der Waals surface area contributed by atoms with Crippen molar-refractivity contribution < 1.29 is 4.79 Å². The molecule has 3 heterocycles. The van der Waals surface area contributed by atoms with Crippen LogP contribution in [0.4, 0.5) is 5.69 Å². The molecule has 0 bridgehead atoms. The Balaban J connectivity index is 1.95. The number of nitrogens with zero attached hydrogens (tertiary/aromatic N) is 3. The van der Waals surface area contributed by atoms with Crippen LogP contribution in [-0.2, 0) is 4.79 Å². The highest BCUT2D eigenvalue weighted by Crippen LogP contribution is 2.33. The minimum absolute atomic E-state index is 0.220. The summed E-state index contributed by atoms with van der Waals surface area (Å²) in [5, 5.41) is 16.4. The Morgan fingerprint density at radius 2 is 2.15 bits per heavy atom. The van der Waals surface area contributed by atoms with E-state index in [0.717, 1.165) is 5.52 Å². The molecule has 96 valence electrons. The van der Waals surface area contributed by atoms with E-state index in [-0.39, 0.29) is 11.5 Å². The number of hydrogen-bond donors (Lipinski definition) is 4. The summed E-state index contributed by atoms with van der Waals surface area (Å²) in [6.45, 7) is 0. The van der Waals surface area contributed by atoms with Crippen molar-refractivity contribution in [1.29, 1.82) is 5.41 Å². The second kappa shape index (κ2) is 3.62. The number of benzene rings is 1. The Labute approximate surface area is 111 Å². The third kappa shape index (κ3) is 1.33. The second-order valence-corrected chi connectivity index (χ2v) is 4.29. The summed E-state index contributed by atoms with van der Waals surface area (Å²) in [4.78, 5) is 23.2. The summed E-state index contributed by atoms with van der Waals surface area (Å²) < 4.78 is 0. The predicted octanol–water partition coefficient (Wildman–Crippen LogP) is 0.932. The second-order valence-electron chi connectivity index (χ2n) is 4.29. The molecule has 0 fully saturated rings. The SMILES string of the molecule is N=C=C1C(=O)Nc2cc3nc(-c4ncn[nH]4)[nH]c3cc21. The molecule has 0 atom stereocenters. The first-order valence-electron chi connectivity index (χ1n) is 5.77. The average molecular weight is 265 g/mol. The quantitative estimate of drug-likeness (QED) is 0.386. The fraction of sp³-hybridized carbons (Fsp3) is 0. The Kier molecular flexibility index (Phi) is 1.93. The van der Waals surface area contributed by atoms with Gasteiger partial charge in [0.1, 0.15) is 11.9 Å². The Bertz CT molecular complexity index is 899. The fourth-order valence-electron chi connectivity index (χ4n) is 2.23. The average Bonchev–Trinajstić information content (AvgIpc) is 3.12. The van der Waals surface area contributed by atoms with Gasteiger partial charge in [-0.3, -0.25) is 15.3 Å². The van der Waals surface area contributed by atoms with Gasteiger partial charge in [0.2, 0.25) is 0 Å². The molecule has 20 heavy (non-hydrogen) atoms. The lowest BCUT2D eigenvalue weighted by molar-refractivity contribution is -0.110. The number of aromatic nitrogens is 5. The number of nitrogens with one attached hydrogen (secondary N) is 4. The molecule has 1 aromatic carbocycles. The van der Waals surface area contributed by atoms with E-state index in [1.807, 2.05) is 0 Å².